The van der Waals surface area contributed by atoms with Gasteiger partial charge in [0.15, 0.2) is 0 Å². The molecule has 2 aliphatic heterocycles. The van der Waals surface area contributed by atoms with Gasteiger partial charge in [-0.3, -0.25) is 9.59 Å². The van der Waals surface area contributed by atoms with Crippen molar-refractivity contribution < 1.29 is 19.1 Å². The molecule has 12 heteroatoms. The van der Waals surface area contributed by atoms with E-state index in [-0.39, 0.29) is 23.9 Å². The number of fused-ring (bicyclic) bond motifs is 1. The van der Waals surface area contributed by atoms with Gasteiger partial charge >= 0.3 is 6.09 Å². The molecule has 5 N–H and O–H groups in total. The molecule has 12 nitrogen and oxygen atoms in total. The minimum Gasteiger partial charge on any atom is -0.453 e. The first-order chi connectivity index (χ1) is 24.4. The first-order valence-corrected chi connectivity index (χ1v) is 16.8. The van der Waals surface area contributed by atoms with E-state index in [1.807, 2.05) is 83.8 Å². The zero-order valence-corrected chi connectivity index (χ0v) is 27.6. The molecule has 5 aromatic rings. The van der Waals surface area contributed by atoms with Gasteiger partial charge in [0.05, 0.1) is 36.4 Å². The fourth-order valence-electron chi connectivity index (χ4n) is 6.86. The number of nitrogens with one attached hydrogen (secondary N) is 3. The van der Waals surface area contributed by atoms with Crippen LogP contribution in [0.3, 0.4) is 0 Å². The molecule has 254 valence electrons. The molecule has 0 aliphatic carbocycles. The number of likely N-dealkylation sites (tertiary alicyclic amines) is 2. The van der Waals surface area contributed by atoms with E-state index in [2.05, 4.69) is 32.1 Å². The first-order valence-electron chi connectivity index (χ1n) is 16.8. The van der Waals surface area contributed by atoms with Gasteiger partial charge < -0.3 is 35.6 Å². The predicted octanol–water partition coefficient (Wildman–Crippen LogP) is 4.81. The molecule has 1 unspecified atom stereocenters. The molecule has 0 bridgehead atoms. The highest BCUT2D eigenvalue weighted by Gasteiger charge is 2.37. The Hall–Kier alpha value is -5.93. The Bertz CT molecular complexity index is 2070. The van der Waals surface area contributed by atoms with Gasteiger partial charge in [-0.25, -0.2) is 14.8 Å². The van der Waals surface area contributed by atoms with E-state index in [9.17, 15) is 14.4 Å². The Labute approximate surface area is 289 Å². The summed E-state index contributed by atoms with van der Waals surface area (Å²) in [6, 6.07) is 22.2. The number of imidazole rings is 2. The van der Waals surface area contributed by atoms with E-state index < -0.39 is 18.2 Å². The van der Waals surface area contributed by atoms with E-state index in [0.717, 1.165) is 47.8 Å². The molecule has 2 aromatic heterocycles. The van der Waals surface area contributed by atoms with Crippen LogP contribution in [0, 0.1) is 11.8 Å². The smallest absolute Gasteiger partial charge is 0.407 e. The largest absolute Gasteiger partial charge is 0.453 e. The van der Waals surface area contributed by atoms with E-state index in [1.165, 1.54) is 7.11 Å². The summed E-state index contributed by atoms with van der Waals surface area (Å²) >= 11 is 0. The van der Waals surface area contributed by atoms with E-state index >= 15 is 0 Å². The number of methoxy groups -OCH3 is 1. The summed E-state index contributed by atoms with van der Waals surface area (Å²) in [5, 5.41) is 2.70. The number of carbonyl (C=O) groups is 3. The fraction of sp³-hybridized carbons (Fsp3) is 0.289. The van der Waals surface area contributed by atoms with Gasteiger partial charge in [0.2, 0.25) is 5.91 Å². The van der Waals surface area contributed by atoms with E-state index in [0.29, 0.717) is 36.0 Å². The van der Waals surface area contributed by atoms with Gasteiger partial charge in [-0.15, -0.1) is 0 Å². The number of nitrogens with two attached hydrogens (primary N) is 1. The van der Waals surface area contributed by atoms with E-state index in [1.54, 1.807) is 11.1 Å². The molecule has 50 heavy (non-hydrogen) atoms. The third-order valence-electron chi connectivity index (χ3n) is 9.39. The molecule has 0 spiro atoms. The van der Waals surface area contributed by atoms with Crippen LogP contribution in [0.2, 0.25) is 0 Å². The van der Waals surface area contributed by atoms with Crippen molar-refractivity contribution in [2.24, 2.45) is 5.73 Å². The number of aromatic amines is 2. The average Bonchev–Trinajstić information content (AvgIpc) is 3.98. The van der Waals surface area contributed by atoms with Gasteiger partial charge in [-0.2, -0.15) is 0 Å². The molecule has 2 fully saturated rings. The van der Waals surface area contributed by atoms with Gasteiger partial charge in [0.25, 0.3) is 5.91 Å². The van der Waals surface area contributed by atoms with Gasteiger partial charge in [0.1, 0.15) is 29.4 Å². The second kappa shape index (κ2) is 14.3. The third-order valence-corrected chi connectivity index (χ3v) is 9.39. The highest BCUT2D eigenvalue weighted by Crippen LogP contribution is 2.35. The van der Waals surface area contributed by atoms with Crippen molar-refractivity contribution in [1.29, 1.82) is 0 Å². The normalized spacial score (nSPS) is 18.4. The first kappa shape index (κ1) is 32.6. The maximum atomic E-state index is 13.9. The number of hydrogen-bond donors (Lipinski definition) is 4. The number of alkyl carbamates (subject to hydrolysis) is 1. The molecule has 3 amide bonds. The Morgan fingerprint density at radius 3 is 2.22 bits per heavy atom. The number of aromatic nitrogens is 4. The van der Waals surface area contributed by atoms with Crippen LogP contribution in [0.1, 0.15) is 83.9 Å². The number of rotatable bonds is 7. The Balaban J connectivity index is 1.06. The Morgan fingerprint density at radius 1 is 0.860 bits per heavy atom. The minimum atomic E-state index is -0.886. The standard InChI is InChI=1S/C38H38N8O4/c1-50-38(49)44-33(26-12-6-3-7-13-26)37(48)46-21-9-15-31(46)35-42-28-19-17-24(22-29(28)43-35)16-18-27-23-40-34(41-27)30-14-8-20-45(30)36(47)32(39)25-10-4-2-5-11-25/h2-7,10-13,17,19,22-23,30-33H,8-9,14-15,20-21,39H2,1H3,(H,40,41)(H,42,43)(H,44,49)/t30?,31-,32+,33+/m0/s1. The lowest BCUT2D eigenvalue weighted by atomic mass is 10.1. The number of hydrogen-bond acceptors (Lipinski definition) is 7. The lowest BCUT2D eigenvalue weighted by Crippen LogP contribution is -2.42. The van der Waals surface area contributed by atoms with Crippen LogP contribution < -0.4 is 11.1 Å². The Kier molecular flexibility index (Phi) is 9.31. The summed E-state index contributed by atoms with van der Waals surface area (Å²) in [5.41, 5.74) is 10.8. The molecular formula is C38H38N8O4. The Morgan fingerprint density at radius 2 is 1.52 bits per heavy atom. The number of benzene rings is 3. The van der Waals surface area contributed by atoms with Crippen molar-refractivity contribution in [3.05, 3.63) is 119 Å². The van der Waals surface area contributed by atoms with Crippen LogP contribution in [-0.2, 0) is 14.3 Å². The average molecular weight is 671 g/mol. The SMILES string of the molecule is COC(=O)N[C@@H](C(=O)N1CCC[C@H]1c1nc2ccc(C#Cc3cnc(C4CCCN4C(=O)[C@H](N)c4ccccc4)[nH]3)cc2[nH]1)c1ccccc1. The van der Waals surface area contributed by atoms with Crippen molar-refractivity contribution >= 4 is 28.9 Å². The fourth-order valence-corrected chi connectivity index (χ4v) is 6.86. The highest BCUT2D eigenvalue weighted by atomic mass is 16.5. The number of H-pyrrole nitrogens is 2. The molecule has 2 aliphatic rings. The van der Waals surface area contributed by atoms with Crippen molar-refractivity contribution in [3.8, 4) is 11.8 Å². The number of carbonyl (C=O) groups excluding carboxylic acids is 3. The molecule has 4 atom stereocenters. The van der Waals surface area contributed by atoms with Crippen molar-refractivity contribution in [2.75, 3.05) is 20.2 Å². The monoisotopic (exact) mass is 670 g/mol. The summed E-state index contributed by atoms with van der Waals surface area (Å²) in [7, 11) is 1.28. The van der Waals surface area contributed by atoms with Crippen molar-refractivity contribution in [1.82, 2.24) is 35.1 Å². The van der Waals surface area contributed by atoms with Crippen LogP contribution in [0.5, 0.6) is 0 Å². The highest BCUT2D eigenvalue weighted by molar-refractivity contribution is 5.87. The van der Waals surface area contributed by atoms with Gasteiger partial charge in [-0.1, -0.05) is 66.6 Å². The zero-order valence-electron chi connectivity index (χ0n) is 27.6. The summed E-state index contributed by atoms with van der Waals surface area (Å²) in [5.74, 6) is 7.41. The maximum Gasteiger partial charge on any atom is 0.407 e. The number of ether oxygens (including phenoxy) is 1. The molecule has 4 heterocycles. The van der Waals surface area contributed by atoms with Gasteiger partial charge in [-0.05, 0) is 60.9 Å². The van der Waals surface area contributed by atoms with Crippen LogP contribution >= 0.6 is 0 Å². The van der Waals surface area contributed by atoms with Crippen LogP contribution in [0.15, 0.2) is 85.1 Å². The number of nitrogens with zero attached hydrogens (tertiary/aromatic N) is 4. The third kappa shape index (κ3) is 6.68. The lowest BCUT2D eigenvalue weighted by molar-refractivity contribution is -0.135. The second-order valence-corrected chi connectivity index (χ2v) is 12.5. The van der Waals surface area contributed by atoms with Crippen LogP contribution in [0.4, 0.5) is 4.79 Å². The summed E-state index contributed by atoms with van der Waals surface area (Å²) in [6.07, 6.45) is 4.23. The summed E-state index contributed by atoms with van der Waals surface area (Å²) in [6.45, 7) is 1.17. The zero-order chi connectivity index (χ0) is 34.6. The quantitative estimate of drug-likeness (QED) is 0.181. The topological polar surface area (TPSA) is 162 Å². The lowest BCUT2D eigenvalue weighted by Gasteiger charge is -2.28. The number of amides is 3. The van der Waals surface area contributed by atoms with Crippen LogP contribution in [-0.4, -0.2) is 67.8 Å². The summed E-state index contributed by atoms with van der Waals surface area (Å²) in [4.78, 5) is 59.1. The van der Waals surface area contributed by atoms with Crippen molar-refractivity contribution in [2.45, 2.75) is 49.9 Å². The maximum absolute atomic E-state index is 13.9. The van der Waals surface area contributed by atoms with Gasteiger partial charge in [0, 0.05) is 18.7 Å². The van der Waals surface area contributed by atoms with Crippen LogP contribution in [0.25, 0.3) is 11.0 Å². The molecule has 2 saturated heterocycles. The summed E-state index contributed by atoms with van der Waals surface area (Å²) < 4.78 is 4.81. The molecule has 0 radical (unpaired) electrons. The predicted molar refractivity (Wildman–Crippen MR) is 186 cm³/mol. The van der Waals surface area contributed by atoms with E-state index in [4.69, 9.17) is 15.5 Å². The molecule has 0 saturated carbocycles. The van der Waals surface area contributed by atoms with Crippen molar-refractivity contribution in [3.63, 3.8) is 0 Å². The minimum absolute atomic E-state index is 0.117. The second-order valence-electron chi connectivity index (χ2n) is 12.5. The molecular weight excluding hydrogens is 632 g/mol. The molecule has 7 rings (SSSR count). The molecule has 3 aromatic carbocycles.